The van der Waals surface area contributed by atoms with Gasteiger partial charge in [0, 0.05) is 19.6 Å². The second kappa shape index (κ2) is 9.15. The summed E-state index contributed by atoms with van der Waals surface area (Å²) in [4.78, 5) is 15.0. The number of sulfonamides is 1. The van der Waals surface area contributed by atoms with Crippen molar-refractivity contribution < 1.29 is 21.6 Å². The third-order valence-corrected chi connectivity index (χ3v) is 7.07. The lowest BCUT2D eigenvalue weighted by atomic mass is 10.0. The third kappa shape index (κ3) is 6.04. The van der Waals surface area contributed by atoms with E-state index in [-0.39, 0.29) is 37.0 Å². The summed E-state index contributed by atoms with van der Waals surface area (Å²) in [6.45, 7) is 0.691. The minimum atomic E-state index is -3.45. The van der Waals surface area contributed by atoms with Crippen LogP contribution in [0.3, 0.4) is 0 Å². The monoisotopic (exact) mass is 451 g/mol. The predicted molar refractivity (Wildman–Crippen MR) is 116 cm³/mol. The Balaban J connectivity index is 1.78. The predicted octanol–water partition coefficient (Wildman–Crippen LogP) is 1.15. The van der Waals surface area contributed by atoms with E-state index in [1.807, 2.05) is 35.2 Å². The fraction of sp³-hybridized carbons (Fsp3) is 0.350. The smallest absolute Gasteiger partial charge is 0.242 e. The molecule has 0 aromatic heterocycles. The SMILES string of the molecule is CS(=O)(=O)Nc1ccccc1CNC(=O)C(c1ccccc1)N1CCS(=O)(=O)CC1. The van der Waals surface area contributed by atoms with Gasteiger partial charge >= 0.3 is 0 Å². The Morgan fingerprint density at radius 1 is 1.03 bits per heavy atom. The molecule has 1 amide bonds. The van der Waals surface area contributed by atoms with Crippen LogP contribution < -0.4 is 10.0 Å². The van der Waals surface area contributed by atoms with Crippen molar-refractivity contribution in [1.82, 2.24) is 10.2 Å². The van der Waals surface area contributed by atoms with Crippen molar-refractivity contribution in [2.24, 2.45) is 0 Å². The summed E-state index contributed by atoms with van der Waals surface area (Å²) in [6.07, 6.45) is 1.07. The number of carbonyl (C=O) groups excluding carboxylic acids is 1. The molecular weight excluding hydrogens is 426 g/mol. The van der Waals surface area contributed by atoms with Crippen molar-refractivity contribution in [3.05, 3.63) is 65.7 Å². The Morgan fingerprint density at radius 2 is 1.63 bits per heavy atom. The van der Waals surface area contributed by atoms with E-state index in [0.29, 0.717) is 11.3 Å². The average Bonchev–Trinajstić information content (AvgIpc) is 2.68. The van der Waals surface area contributed by atoms with Crippen molar-refractivity contribution in [1.29, 1.82) is 0 Å². The highest BCUT2D eigenvalue weighted by atomic mass is 32.2. The zero-order chi connectivity index (χ0) is 21.8. The summed E-state index contributed by atoms with van der Waals surface area (Å²) in [7, 11) is -6.53. The lowest BCUT2D eigenvalue weighted by Gasteiger charge is -2.33. The normalized spacial score (nSPS) is 17.8. The highest BCUT2D eigenvalue weighted by Crippen LogP contribution is 2.24. The Labute approximate surface area is 177 Å². The average molecular weight is 452 g/mol. The van der Waals surface area contributed by atoms with E-state index < -0.39 is 25.9 Å². The second-order valence-electron chi connectivity index (χ2n) is 7.25. The molecule has 162 valence electrons. The van der Waals surface area contributed by atoms with Crippen molar-refractivity contribution in [3.8, 4) is 0 Å². The van der Waals surface area contributed by atoms with E-state index in [1.54, 1.807) is 24.3 Å². The zero-order valence-electron chi connectivity index (χ0n) is 16.6. The molecule has 10 heteroatoms. The van der Waals surface area contributed by atoms with Crippen LogP contribution in [0.15, 0.2) is 54.6 Å². The van der Waals surface area contributed by atoms with Crippen molar-refractivity contribution in [2.75, 3.05) is 35.6 Å². The van der Waals surface area contributed by atoms with E-state index in [1.165, 1.54) is 0 Å². The maximum absolute atomic E-state index is 13.1. The van der Waals surface area contributed by atoms with Crippen molar-refractivity contribution in [3.63, 3.8) is 0 Å². The number of nitrogens with zero attached hydrogens (tertiary/aromatic N) is 1. The van der Waals surface area contributed by atoms with Crippen LogP contribution in [0.25, 0.3) is 0 Å². The van der Waals surface area contributed by atoms with Crippen molar-refractivity contribution in [2.45, 2.75) is 12.6 Å². The third-order valence-electron chi connectivity index (χ3n) is 4.87. The first kappa shape index (κ1) is 22.3. The quantitative estimate of drug-likeness (QED) is 0.653. The Morgan fingerprint density at radius 3 is 2.27 bits per heavy atom. The lowest BCUT2D eigenvalue weighted by molar-refractivity contribution is -0.126. The second-order valence-corrected chi connectivity index (χ2v) is 11.3. The number of carbonyl (C=O) groups is 1. The molecule has 0 aliphatic carbocycles. The Bertz CT molecular complexity index is 1090. The molecule has 8 nitrogen and oxygen atoms in total. The highest BCUT2D eigenvalue weighted by molar-refractivity contribution is 7.92. The number of rotatable bonds is 7. The number of hydrogen-bond donors (Lipinski definition) is 2. The van der Waals surface area contributed by atoms with Gasteiger partial charge in [0.15, 0.2) is 9.84 Å². The summed E-state index contributed by atoms with van der Waals surface area (Å²) in [6, 6.07) is 15.4. The molecule has 30 heavy (non-hydrogen) atoms. The first-order valence-corrected chi connectivity index (χ1v) is 13.2. The molecular formula is C20H25N3O5S2. The summed E-state index contributed by atoms with van der Waals surface area (Å²) in [5.41, 5.74) is 1.81. The van der Waals surface area contributed by atoms with Gasteiger partial charge in [0.2, 0.25) is 15.9 Å². The van der Waals surface area contributed by atoms with Crippen LogP contribution in [0.1, 0.15) is 17.2 Å². The summed E-state index contributed by atoms with van der Waals surface area (Å²) in [5, 5.41) is 2.88. The van der Waals surface area contributed by atoms with Gasteiger partial charge in [-0.2, -0.15) is 0 Å². The highest BCUT2D eigenvalue weighted by Gasteiger charge is 2.32. The van der Waals surface area contributed by atoms with E-state index in [2.05, 4.69) is 10.0 Å². The number of nitrogens with one attached hydrogen (secondary N) is 2. The molecule has 1 saturated heterocycles. The van der Waals surface area contributed by atoms with Crippen LogP contribution in [0.2, 0.25) is 0 Å². The topological polar surface area (TPSA) is 113 Å². The molecule has 2 aromatic rings. The zero-order valence-corrected chi connectivity index (χ0v) is 18.2. The van der Waals surface area contributed by atoms with Crippen LogP contribution in [0, 0.1) is 0 Å². The maximum Gasteiger partial charge on any atom is 0.242 e. The largest absolute Gasteiger partial charge is 0.350 e. The molecule has 0 spiro atoms. The Kier molecular flexibility index (Phi) is 6.79. The van der Waals surface area contributed by atoms with Crippen LogP contribution in [-0.4, -0.2) is 58.5 Å². The summed E-state index contributed by atoms with van der Waals surface area (Å²) < 4.78 is 49.2. The number of benzene rings is 2. The van der Waals surface area contributed by atoms with Crippen LogP contribution in [0.5, 0.6) is 0 Å². The molecule has 3 rings (SSSR count). The molecule has 0 saturated carbocycles. The minimum Gasteiger partial charge on any atom is -0.350 e. The molecule has 1 atom stereocenters. The van der Waals surface area contributed by atoms with Gasteiger partial charge in [-0.1, -0.05) is 48.5 Å². The van der Waals surface area contributed by atoms with Crippen molar-refractivity contribution >= 4 is 31.5 Å². The molecule has 1 unspecified atom stereocenters. The molecule has 0 radical (unpaired) electrons. The van der Waals surface area contributed by atoms with Gasteiger partial charge in [-0.15, -0.1) is 0 Å². The summed E-state index contributed by atoms with van der Waals surface area (Å²) in [5.74, 6) is -0.232. The molecule has 2 aromatic carbocycles. The Hall–Kier alpha value is -2.43. The number of anilines is 1. The molecule has 2 N–H and O–H groups in total. The lowest BCUT2D eigenvalue weighted by Crippen LogP contribution is -2.47. The minimum absolute atomic E-state index is 0.0186. The fourth-order valence-corrected chi connectivity index (χ4v) is 5.23. The number of para-hydroxylation sites is 1. The van der Waals surface area contributed by atoms with E-state index >= 15 is 0 Å². The van der Waals surface area contributed by atoms with E-state index in [9.17, 15) is 21.6 Å². The van der Waals surface area contributed by atoms with E-state index in [4.69, 9.17) is 0 Å². The molecule has 1 fully saturated rings. The standard InChI is InChI=1S/C20H25N3O5S2/c1-29(25,26)22-18-10-6-5-9-17(18)15-21-20(24)19(16-7-3-2-4-8-16)23-11-13-30(27,28)14-12-23/h2-10,19,22H,11-15H2,1H3,(H,21,24). The number of sulfone groups is 1. The number of amides is 1. The van der Waals surface area contributed by atoms with Crippen LogP contribution in [0.4, 0.5) is 5.69 Å². The number of hydrogen-bond acceptors (Lipinski definition) is 6. The van der Waals surface area contributed by atoms with Gasteiger partial charge in [0.25, 0.3) is 0 Å². The summed E-state index contributed by atoms with van der Waals surface area (Å²) >= 11 is 0. The van der Waals surface area contributed by atoms with Crippen LogP contribution >= 0.6 is 0 Å². The van der Waals surface area contributed by atoms with Gasteiger partial charge in [0.1, 0.15) is 6.04 Å². The van der Waals surface area contributed by atoms with Gasteiger partial charge in [0.05, 0.1) is 23.4 Å². The first-order valence-electron chi connectivity index (χ1n) is 9.47. The fourth-order valence-electron chi connectivity index (χ4n) is 3.40. The van der Waals surface area contributed by atoms with Gasteiger partial charge in [-0.25, -0.2) is 16.8 Å². The van der Waals surface area contributed by atoms with E-state index in [0.717, 1.165) is 11.8 Å². The van der Waals surface area contributed by atoms with Gasteiger partial charge in [-0.3, -0.25) is 14.4 Å². The maximum atomic E-state index is 13.1. The van der Waals surface area contributed by atoms with Crippen LogP contribution in [-0.2, 0) is 31.2 Å². The first-order chi connectivity index (χ1) is 14.1. The molecule has 1 aliphatic rings. The van der Waals surface area contributed by atoms with Gasteiger partial charge < -0.3 is 5.32 Å². The molecule has 1 heterocycles. The molecule has 1 aliphatic heterocycles. The molecule has 0 bridgehead atoms. The van der Waals surface area contributed by atoms with Gasteiger partial charge in [-0.05, 0) is 17.2 Å².